The van der Waals surface area contributed by atoms with Gasteiger partial charge in [0.05, 0.1) is 18.8 Å². The zero-order chi connectivity index (χ0) is 18.1. The third kappa shape index (κ3) is 3.73. The molecule has 2 fully saturated rings. The molecule has 1 aliphatic carbocycles. The summed E-state index contributed by atoms with van der Waals surface area (Å²) < 4.78 is 6.14. The van der Waals surface area contributed by atoms with Gasteiger partial charge < -0.3 is 9.84 Å². The first kappa shape index (κ1) is 17.0. The minimum atomic E-state index is 0.0115. The van der Waals surface area contributed by atoms with Gasteiger partial charge >= 0.3 is 0 Å². The van der Waals surface area contributed by atoms with E-state index in [1.807, 2.05) is 12.1 Å². The number of rotatable bonds is 5. The van der Waals surface area contributed by atoms with Gasteiger partial charge in [0.15, 0.2) is 5.78 Å². The number of benzene rings is 1. The number of hydrogen-bond donors (Lipinski definition) is 1. The van der Waals surface area contributed by atoms with E-state index in [9.17, 15) is 9.90 Å². The fraction of sp³-hybridized carbons (Fsp3) is 0.429. The summed E-state index contributed by atoms with van der Waals surface area (Å²) in [5.74, 6) is 2.25. The second-order valence-electron chi connectivity index (χ2n) is 7.56. The van der Waals surface area contributed by atoms with E-state index in [-0.39, 0.29) is 17.6 Å². The number of ether oxygens (including phenoxy) is 1. The molecule has 1 saturated heterocycles. The van der Waals surface area contributed by atoms with Gasteiger partial charge in [0.25, 0.3) is 0 Å². The van der Waals surface area contributed by atoms with Gasteiger partial charge in [-0.15, -0.1) is 0 Å². The second-order valence-corrected chi connectivity index (χ2v) is 7.56. The number of nitrogens with zero attached hydrogens (tertiary/aromatic N) is 2. The van der Waals surface area contributed by atoms with Crippen molar-refractivity contribution in [3.05, 3.63) is 53.9 Å². The van der Waals surface area contributed by atoms with E-state index in [1.54, 1.807) is 6.07 Å². The van der Waals surface area contributed by atoms with Crippen molar-refractivity contribution in [2.75, 3.05) is 19.6 Å². The van der Waals surface area contributed by atoms with Gasteiger partial charge in [0, 0.05) is 13.1 Å². The highest BCUT2D eigenvalue weighted by Crippen LogP contribution is 2.39. The van der Waals surface area contributed by atoms with Crippen molar-refractivity contribution in [2.45, 2.75) is 25.9 Å². The first-order valence-corrected chi connectivity index (χ1v) is 9.21. The van der Waals surface area contributed by atoms with E-state index in [4.69, 9.17) is 4.74 Å². The number of aromatic nitrogens is 1. The Bertz CT molecular complexity index is 759. The molecular formula is C21H24N2O3. The van der Waals surface area contributed by atoms with Crippen LogP contribution in [-0.2, 0) is 0 Å². The molecule has 5 heteroatoms. The lowest BCUT2D eigenvalue weighted by Crippen LogP contribution is -2.30. The monoisotopic (exact) mass is 352 g/mol. The van der Waals surface area contributed by atoms with Crippen LogP contribution in [0.25, 0.3) is 0 Å². The molecule has 1 N–H and O–H groups in total. The minimum absolute atomic E-state index is 0.0115. The molecule has 1 saturated carbocycles. The van der Waals surface area contributed by atoms with Crippen molar-refractivity contribution in [1.29, 1.82) is 0 Å². The number of ketones is 1. The molecule has 26 heavy (non-hydrogen) atoms. The van der Waals surface area contributed by atoms with Crippen molar-refractivity contribution < 1.29 is 14.6 Å². The molecule has 1 aromatic carbocycles. The summed E-state index contributed by atoms with van der Waals surface area (Å²) >= 11 is 0. The van der Waals surface area contributed by atoms with Gasteiger partial charge in [-0.1, -0.05) is 17.7 Å². The van der Waals surface area contributed by atoms with Crippen LogP contribution in [0.3, 0.4) is 0 Å². The highest BCUT2D eigenvalue weighted by Gasteiger charge is 2.42. The molecular weight excluding hydrogens is 328 g/mol. The second kappa shape index (κ2) is 7.08. The molecule has 0 radical (unpaired) electrons. The van der Waals surface area contributed by atoms with Gasteiger partial charge in [-0.3, -0.25) is 9.69 Å². The lowest BCUT2D eigenvalue weighted by Gasteiger charge is -2.19. The molecule has 0 bridgehead atoms. The maximum Gasteiger partial charge on any atom is 0.195 e. The van der Waals surface area contributed by atoms with Crippen molar-refractivity contribution in [3.8, 4) is 11.5 Å². The van der Waals surface area contributed by atoms with Crippen LogP contribution in [0.1, 0.15) is 28.9 Å². The predicted molar refractivity (Wildman–Crippen MR) is 98.5 cm³/mol. The topological polar surface area (TPSA) is 62.7 Å². The van der Waals surface area contributed by atoms with Crippen molar-refractivity contribution in [1.82, 2.24) is 9.88 Å². The minimum Gasteiger partial charge on any atom is -0.506 e. The maximum absolute atomic E-state index is 12.4. The standard InChI is InChI=1S/C21H24N2O3/c1-14-2-5-18(6-3-14)26-19-8-15-11-23(12-16(15)9-19)13-21(25)20-7-4-17(24)10-22-20/h2-7,10,15-16,19,24H,8-9,11-13H2,1H3/t15-,16+,19+. The molecule has 2 heterocycles. The fourth-order valence-electron chi connectivity index (χ4n) is 4.21. The summed E-state index contributed by atoms with van der Waals surface area (Å²) in [5.41, 5.74) is 1.66. The molecule has 4 rings (SSSR count). The van der Waals surface area contributed by atoms with Crippen LogP contribution in [0.2, 0.25) is 0 Å². The average molecular weight is 352 g/mol. The molecule has 2 aromatic rings. The zero-order valence-electron chi connectivity index (χ0n) is 15.0. The first-order valence-electron chi connectivity index (χ1n) is 9.21. The van der Waals surface area contributed by atoms with E-state index in [0.717, 1.165) is 31.7 Å². The SMILES string of the molecule is Cc1ccc(O[C@H]2C[C@@H]3CN(CC(=O)c4ccc(O)cn4)C[C@@H]3C2)cc1. The van der Waals surface area contributed by atoms with Crippen LogP contribution in [-0.4, -0.2) is 46.5 Å². The Morgan fingerprint density at radius 2 is 1.85 bits per heavy atom. The van der Waals surface area contributed by atoms with Crippen LogP contribution in [0.15, 0.2) is 42.6 Å². The number of pyridine rings is 1. The number of carbonyl (C=O) groups excluding carboxylic acids is 1. The molecule has 1 aliphatic heterocycles. The molecule has 2 aliphatic rings. The zero-order valence-corrected chi connectivity index (χ0v) is 15.0. The first-order chi connectivity index (χ1) is 12.6. The summed E-state index contributed by atoms with van der Waals surface area (Å²) in [4.78, 5) is 18.6. The van der Waals surface area contributed by atoms with Gasteiger partial charge in [0.2, 0.25) is 0 Å². The molecule has 3 atom stereocenters. The number of hydrogen-bond acceptors (Lipinski definition) is 5. The number of aryl methyl sites for hydroxylation is 1. The smallest absolute Gasteiger partial charge is 0.195 e. The fourth-order valence-corrected chi connectivity index (χ4v) is 4.21. The Morgan fingerprint density at radius 1 is 1.15 bits per heavy atom. The van der Waals surface area contributed by atoms with Gasteiger partial charge in [-0.05, 0) is 55.9 Å². The lowest BCUT2D eigenvalue weighted by molar-refractivity contribution is 0.0932. The maximum atomic E-state index is 12.4. The Kier molecular flexibility index (Phi) is 4.64. The third-order valence-electron chi connectivity index (χ3n) is 5.51. The molecule has 0 spiro atoms. The average Bonchev–Trinajstić information content (AvgIpc) is 3.15. The van der Waals surface area contributed by atoms with Crippen LogP contribution in [0.4, 0.5) is 0 Å². The van der Waals surface area contributed by atoms with Gasteiger partial charge in [-0.2, -0.15) is 0 Å². The number of Topliss-reactive ketones (excluding diaryl/α,β-unsaturated/α-hetero) is 1. The molecule has 5 nitrogen and oxygen atoms in total. The predicted octanol–water partition coefficient (Wildman–Crippen LogP) is 3.07. The summed E-state index contributed by atoms with van der Waals surface area (Å²) in [7, 11) is 0. The van der Waals surface area contributed by atoms with Crippen molar-refractivity contribution >= 4 is 5.78 Å². The largest absolute Gasteiger partial charge is 0.506 e. The van der Waals surface area contributed by atoms with Gasteiger partial charge in [-0.25, -0.2) is 4.98 Å². The van der Waals surface area contributed by atoms with Crippen LogP contribution < -0.4 is 4.74 Å². The van der Waals surface area contributed by atoms with E-state index in [0.29, 0.717) is 24.1 Å². The summed E-state index contributed by atoms with van der Waals surface area (Å²) in [6, 6.07) is 11.3. The highest BCUT2D eigenvalue weighted by molar-refractivity contribution is 5.95. The highest BCUT2D eigenvalue weighted by atomic mass is 16.5. The van der Waals surface area contributed by atoms with Crippen molar-refractivity contribution in [2.24, 2.45) is 11.8 Å². The summed E-state index contributed by atoms with van der Waals surface area (Å²) in [6.07, 6.45) is 3.71. The van der Waals surface area contributed by atoms with E-state index in [2.05, 4.69) is 28.9 Å². The number of carbonyl (C=O) groups is 1. The van der Waals surface area contributed by atoms with E-state index < -0.39 is 0 Å². The van der Waals surface area contributed by atoms with Crippen molar-refractivity contribution in [3.63, 3.8) is 0 Å². The Balaban J connectivity index is 1.28. The number of fused-ring (bicyclic) bond motifs is 1. The normalized spacial score (nSPS) is 25.2. The van der Waals surface area contributed by atoms with E-state index >= 15 is 0 Å². The Labute approximate surface area is 153 Å². The third-order valence-corrected chi connectivity index (χ3v) is 5.51. The van der Waals surface area contributed by atoms with Gasteiger partial charge in [0.1, 0.15) is 17.2 Å². The van der Waals surface area contributed by atoms with E-state index in [1.165, 1.54) is 17.8 Å². The molecule has 1 aromatic heterocycles. The quantitative estimate of drug-likeness (QED) is 0.838. The summed E-state index contributed by atoms with van der Waals surface area (Å²) in [6.45, 7) is 4.37. The molecule has 0 unspecified atom stereocenters. The number of likely N-dealkylation sites (tertiary alicyclic amines) is 1. The molecule has 136 valence electrons. The summed E-state index contributed by atoms with van der Waals surface area (Å²) in [5, 5.41) is 9.28. The Morgan fingerprint density at radius 3 is 2.46 bits per heavy atom. The lowest BCUT2D eigenvalue weighted by atomic mass is 10.0. The van der Waals surface area contributed by atoms with Crippen LogP contribution in [0.5, 0.6) is 11.5 Å². The Hall–Kier alpha value is -2.40. The van der Waals surface area contributed by atoms with Crippen LogP contribution >= 0.6 is 0 Å². The van der Waals surface area contributed by atoms with Crippen LogP contribution in [0, 0.1) is 18.8 Å². The molecule has 0 amide bonds. The number of aromatic hydroxyl groups is 1.